The number of nitrogens with two attached hydrogens (primary N) is 1. The van der Waals surface area contributed by atoms with Crippen LogP contribution in [0.4, 0.5) is 5.69 Å². The second-order valence-electron chi connectivity index (χ2n) is 9.15. The summed E-state index contributed by atoms with van der Waals surface area (Å²) in [5, 5.41) is 32.3. The van der Waals surface area contributed by atoms with Gasteiger partial charge in [0.15, 0.2) is 11.6 Å². The van der Waals surface area contributed by atoms with Crippen LogP contribution < -0.4 is 10.6 Å². The summed E-state index contributed by atoms with van der Waals surface area (Å²) in [6, 6.07) is 2.47. The van der Waals surface area contributed by atoms with Gasteiger partial charge in [-0.1, -0.05) is 0 Å². The van der Waals surface area contributed by atoms with E-state index in [1.807, 2.05) is 19.0 Å². The van der Waals surface area contributed by atoms with E-state index in [1.54, 1.807) is 25.1 Å². The van der Waals surface area contributed by atoms with Crippen LogP contribution in [0, 0.1) is 17.8 Å². The number of hydrogen-bond donors (Lipinski definition) is 4. The molecule has 1 saturated carbocycles. The molecule has 0 spiro atoms. The van der Waals surface area contributed by atoms with Gasteiger partial charge >= 0.3 is 0 Å². The molecule has 0 aromatic heterocycles. The molecule has 0 aliphatic heterocycles. The number of anilines is 1. The molecular weight excluding hydrogens is 414 g/mol. The number of benzene rings is 1. The van der Waals surface area contributed by atoms with E-state index in [0.717, 1.165) is 5.69 Å². The molecule has 0 heterocycles. The van der Waals surface area contributed by atoms with Crippen molar-refractivity contribution in [1.29, 1.82) is 0 Å². The third kappa shape index (κ3) is 2.91. The minimum Gasteiger partial charge on any atom is -0.510 e. The molecule has 32 heavy (non-hydrogen) atoms. The molecule has 1 unspecified atom stereocenters. The fourth-order valence-electron chi connectivity index (χ4n) is 5.67. The monoisotopic (exact) mass is 441 g/mol. The Morgan fingerprint density at radius 2 is 1.72 bits per heavy atom. The molecule has 4 atom stereocenters. The second-order valence-corrected chi connectivity index (χ2v) is 9.15. The lowest BCUT2D eigenvalue weighted by Gasteiger charge is -2.46. The average Bonchev–Trinajstić information content (AvgIpc) is 2.66. The standard InChI is InChI=1S/C23H27N3O6/c1-25(2)12-5-6-13(27)15-10(12)7-9-8-11-16(20(29)14(9)19(15)28)21(30)17(23(24)32)22(31)18(11)26(3)4/h5-6,9,11,16,18,27-28,31H,7-8H2,1-4H3,(H2,24,32)/t9-,11+,16?,18-/m0/s1. The lowest BCUT2D eigenvalue weighted by molar-refractivity contribution is -0.136. The van der Waals surface area contributed by atoms with Crippen molar-refractivity contribution in [3.8, 4) is 5.75 Å². The third-order valence-electron chi connectivity index (χ3n) is 6.90. The van der Waals surface area contributed by atoms with Gasteiger partial charge in [-0.05, 0) is 56.5 Å². The smallest absolute Gasteiger partial charge is 0.255 e. The number of carbonyl (C=O) groups excluding carboxylic acids is 3. The molecule has 1 aromatic rings. The van der Waals surface area contributed by atoms with E-state index in [-0.39, 0.29) is 22.6 Å². The van der Waals surface area contributed by atoms with E-state index < -0.39 is 52.6 Å². The number of fused-ring (bicyclic) bond motifs is 3. The minimum absolute atomic E-state index is 0.0843. The van der Waals surface area contributed by atoms with Crippen molar-refractivity contribution in [2.24, 2.45) is 23.5 Å². The van der Waals surface area contributed by atoms with E-state index in [4.69, 9.17) is 5.73 Å². The minimum atomic E-state index is -1.24. The van der Waals surface area contributed by atoms with Crippen molar-refractivity contribution in [3.63, 3.8) is 0 Å². The lowest BCUT2D eigenvalue weighted by atomic mass is 9.59. The van der Waals surface area contributed by atoms with Crippen molar-refractivity contribution in [3.05, 3.63) is 40.2 Å². The zero-order chi connectivity index (χ0) is 23.6. The number of aliphatic hydroxyl groups is 2. The number of allylic oxidation sites excluding steroid dienone is 1. The summed E-state index contributed by atoms with van der Waals surface area (Å²) in [7, 11) is 7.08. The second kappa shape index (κ2) is 7.37. The summed E-state index contributed by atoms with van der Waals surface area (Å²) < 4.78 is 0. The zero-order valence-corrected chi connectivity index (χ0v) is 18.4. The first kappa shape index (κ1) is 21.9. The van der Waals surface area contributed by atoms with Crippen molar-refractivity contribution < 1.29 is 29.7 Å². The number of likely N-dealkylation sites (N-methyl/N-ethyl adjacent to an activating group) is 1. The summed E-state index contributed by atoms with van der Waals surface area (Å²) in [4.78, 5) is 42.2. The number of ketones is 2. The normalized spacial score (nSPS) is 27.3. The number of aromatic hydroxyl groups is 1. The number of Topliss-reactive ketones (excluding diaryl/α,β-unsaturated/α-hetero) is 2. The molecule has 1 aromatic carbocycles. The average molecular weight is 441 g/mol. The summed E-state index contributed by atoms with van der Waals surface area (Å²) >= 11 is 0. The summed E-state index contributed by atoms with van der Waals surface area (Å²) in [5.74, 6) is -5.64. The Kier molecular flexibility index (Phi) is 5.04. The lowest BCUT2D eigenvalue weighted by Crippen LogP contribution is -2.55. The first-order chi connectivity index (χ1) is 15.0. The van der Waals surface area contributed by atoms with Gasteiger partial charge in [0.05, 0.1) is 17.5 Å². The molecule has 9 heteroatoms. The molecule has 3 aliphatic carbocycles. The molecule has 9 nitrogen and oxygen atoms in total. The molecule has 170 valence electrons. The Hall–Kier alpha value is -3.33. The maximum Gasteiger partial charge on any atom is 0.255 e. The SMILES string of the molecule is CN(C)c1ccc(O)c2c1C[C@H]1C[C@@H]3C(C(=O)C(C(N)=O)=C(O)[C@H]3N(C)C)C(=O)C1=C2O. The molecule has 0 saturated heterocycles. The molecule has 0 bridgehead atoms. The van der Waals surface area contributed by atoms with Crippen LogP contribution in [0.1, 0.15) is 17.5 Å². The fourth-order valence-corrected chi connectivity index (χ4v) is 5.67. The Labute approximate surface area is 185 Å². The number of amides is 1. The topological polar surface area (TPSA) is 144 Å². The molecule has 5 N–H and O–H groups in total. The largest absolute Gasteiger partial charge is 0.510 e. The number of primary amides is 1. The van der Waals surface area contributed by atoms with Gasteiger partial charge < -0.3 is 26.0 Å². The van der Waals surface area contributed by atoms with Gasteiger partial charge in [0.1, 0.15) is 22.8 Å². The Balaban J connectivity index is 1.91. The van der Waals surface area contributed by atoms with Crippen LogP contribution in [-0.4, -0.2) is 71.9 Å². The number of phenols is 1. The van der Waals surface area contributed by atoms with Gasteiger partial charge in [0, 0.05) is 25.4 Å². The van der Waals surface area contributed by atoms with Crippen LogP contribution in [0.3, 0.4) is 0 Å². The van der Waals surface area contributed by atoms with Crippen molar-refractivity contribution in [1.82, 2.24) is 4.90 Å². The Morgan fingerprint density at radius 1 is 1.06 bits per heavy atom. The van der Waals surface area contributed by atoms with Crippen LogP contribution in [0.25, 0.3) is 5.76 Å². The highest BCUT2D eigenvalue weighted by atomic mass is 16.3. The number of phenolic OH excluding ortho intramolecular Hbond substituents is 1. The van der Waals surface area contributed by atoms with Gasteiger partial charge in [-0.3, -0.25) is 19.3 Å². The number of carbonyl (C=O) groups is 3. The molecular formula is C23H27N3O6. The quantitative estimate of drug-likeness (QED) is 0.400. The molecule has 4 rings (SSSR count). The van der Waals surface area contributed by atoms with E-state index in [1.165, 1.54) is 6.07 Å². The van der Waals surface area contributed by atoms with Gasteiger partial charge in [0.2, 0.25) is 0 Å². The molecule has 1 amide bonds. The fraction of sp³-hybridized carbons (Fsp3) is 0.435. The number of rotatable bonds is 3. The Morgan fingerprint density at radius 3 is 2.28 bits per heavy atom. The van der Waals surface area contributed by atoms with Crippen LogP contribution in [0.5, 0.6) is 5.75 Å². The van der Waals surface area contributed by atoms with E-state index in [0.29, 0.717) is 18.4 Å². The Bertz CT molecular complexity index is 1120. The van der Waals surface area contributed by atoms with Crippen LogP contribution in [0.2, 0.25) is 0 Å². The van der Waals surface area contributed by atoms with Crippen LogP contribution >= 0.6 is 0 Å². The summed E-state index contributed by atoms with van der Waals surface area (Å²) in [6.45, 7) is 0. The van der Waals surface area contributed by atoms with Crippen molar-refractivity contribution >= 4 is 28.9 Å². The zero-order valence-electron chi connectivity index (χ0n) is 18.4. The van der Waals surface area contributed by atoms with Crippen LogP contribution in [0.15, 0.2) is 29.0 Å². The van der Waals surface area contributed by atoms with Crippen molar-refractivity contribution in [2.75, 3.05) is 33.1 Å². The molecule has 3 aliphatic rings. The highest BCUT2D eigenvalue weighted by Crippen LogP contribution is 2.51. The van der Waals surface area contributed by atoms with Gasteiger partial charge in [0.25, 0.3) is 5.91 Å². The maximum absolute atomic E-state index is 13.6. The predicted octanol–water partition coefficient (Wildman–Crippen LogP) is 0.915. The number of nitrogens with zero attached hydrogens (tertiary/aromatic N) is 2. The molecule has 1 fully saturated rings. The maximum atomic E-state index is 13.6. The van der Waals surface area contributed by atoms with Gasteiger partial charge in [-0.2, -0.15) is 0 Å². The molecule has 0 radical (unpaired) electrons. The first-order valence-corrected chi connectivity index (χ1v) is 10.4. The van der Waals surface area contributed by atoms with Gasteiger partial charge in [-0.15, -0.1) is 0 Å². The van der Waals surface area contributed by atoms with E-state index in [9.17, 15) is 29.7 Å². The summed E-state index contributed by atoms with van der Waals surface area (Å²) in [5.41, 5.74) is 6.59. The number of aliphatic hydroxyl groups excluding tert-OH is 2. The van der Waals surface area contributed by atoms with Gasteiger partial charge in [-0.25, -0.2) is 0 Å². The highest BCUT2D eigenvalue weighted by molar-refractivity contribution is 6.28. The predicted molar refractivity (Wildman–Crippen MR) is 117 cm³/mol. The first-order valence-electron chi connectivity index (χ1n) is 10.4. The third-order valence-corrected chi connectivity index (χ3v) is 6.90. The van der Waals surface area contributed by atoms with Crippen molar-refractivity contribution in [2.45, 2.75) is 18.9 Å². The highest BCUT2D eigenvalue weighted by Gasteiger charge is 2.55. The number of hydrogen-bond acceptors (Lipinski definition) is 8. The van der Waals surface area contributed by atoms with E-state index >= 15 is 0 Å². The van der Waals surface area contributed by atoms with Crippen LogP contribution in [-0.2, 0) is 20.8 Å². The van der Waals surface area contributed by atoms with E-state index in [2.05, 4.69) is 0 Å². The summed E-state index contributed by atoms with van der Waals surface area (Å²) in [6.07, 6.45) is 0.718.